The predicted octanol–water partition coefficient (Wildman–Crippen LogP) is 1.49. The normalized spacial score (nSPS) is 25.4. The lowest BCUT2D eigenvalue weighted by atomic mass is 10.2. The fourth-order valence-corrected chi connectivity index (χ4v) is 1.95. The van der Waals surface area contributed by atoms with Gasteiger partial charge in [0.05, 0.1) is 13.2 Å². The van der Waals surface area contributed by atoms with E-state index >= 15 is 0 Å². The van der Waals surface area contributed by atoms with Crippen LogP contribution < -0.4 is 5.32 Å². The van der Waals surface area contributed by atoms with Crippen LogP contribution in [0.5, 0.6) is 0 Å². The molecule has 0 aromatic rings. The van der Waals surface area contributed by atoms with Crippen molar-refractivity contribution in [2.45, 2.75) is 45.7 Å². The van der Waals surface area contributed by atoms with Crippen LogP contribution >= 0.6 is 0 Å². The van der Waals surface area contributed by atoms with E-state index in [0.717, 1.165) is 26.3 Å². The van der Waals surface area contributed by atoms with E-state index in [1.54, 1.807) is 0 Å². The minimum atomic E-state index is 0.595. The fourth-order valence-electron chi connectivity index (χ4n) is 1.95. The zero-order valence-corrected chi connectivity index (χ0v) is 10.5. The predicted molar refractivity (Wildman–Crippen MR) is 64.2 cm³/mol. The van der Waals surface area contributed by atoms with Gasteiger partial charge in [0.25, 0.3) is 0 Å². The second-order valence-corrected chi connectivity index (χ2v) is 4.60. The first kappa shape index (κ1) is 12.9. The van der Waals surface area contributed by atoms with Crippen molar-refractivity contribution in [3.8, 4) is 0 Å². The molecule has 0 radical (unpaired) electrons. The molecule has 2 atom stereocenters. The van der Waals surface area contributed by atoms with Crippen molar-refractivity contribution in [3.05, 3.63) is 0 Å². The van der Waals surface area contributed by atoms with Crippen LogP contribution in [0.3, 0.4) is 0 Å². The summed E-state index contributed by atoms with van der Waals surface area (Å²) in [6.45, 7) is 12.0. The lowest BCUT2D eigenvalue weighted by Crippen LogP contribution is -2.45. The minimum Gasteiger partial charge on any atom is -0.379 e. The van der Waals surface area contributed by atoms with Gasteiger partial charge in [0.1, 0.15) is 0 Å². The first-order valence-corrected chi connectivity index (χ1v) is 6.29. The molecule has 1 rings (SSSR count). The van der Waals surface area contributed by atoms with Crippen molar-refractivity contribution in [1.82, 2.24) is 10.2 Å². The summed E-state index contributed by atoms with van der Waals surface area (Å²) in [5.41, 5.74) is 0. The first-order valence-electron chi connectivity index (χ1n) is 6.29. The molecule has 1 N–H and O–H groups in total. The van der Waals surface area contributed by atoms with Crippen molar-refractivity contribution in [1.29, 1.82) is 0 Å². The monoisotopic (exact) mass is 214 g/mol. The maximum absolute atomic E-state index is 5.43. The van der Waals surface area contributed by atoms with Gasteiger partial charge in [0.2, 0.25) is 0 Å². The molecule has 1 aliphatic heterocycles. The van der Waals surface area contributed by atoms with Crippen molar-refractivity contribution < 1.29 is 4.74 Å². The number of ether oxygens (including phenoxy) is 1. The van der Waals surface area contributed by atoms with E-state index < -0.39 is 0 Å². The summed E-state index contributed by atoms with van der Waals surface area (Å²) in [7, 11) is 0. The Morgan fingerprint density at radius 3 is 3.00 bits per heavy atom. The van der Waals surface area contributed by atoms with Crippen molar-refractivity contribution in [3.63, 3.8) is 0 Å². The maximum Gasteiger partial charge on any atom is 0.0619 e. The average Bonchev–Trinajstić information content (AvgIpc) is 2.25. The van der Waals surface area contributed by atoms with Crippen LogP contribution in [-0.4, -0.2) is 49.8 Å². The Hall–Kier alpha value is -0.120. The summed E-state index contributed by atoms with van der Waals surface area (Å²) in [6.07, 6.45) is 2.46. The highest BCUT2D eigenvalue weighted by Gasteiger charge is 2.18. The van der Waals surface area contributed by atoms with Crippen LogP contribution in [-0.2, 0) is 4.74 Å². The summed E-state index contributed by atoms with van der Waals surface area (Å²) in [5, 5.41) is 3.53. The number of nitrogens with one attached hydrogen (secondary N) is 1. The van der Waals surface area contributed by atoms with Gasteiger partial charge >= 0.3 is 0 Å². The van der Waals surface area contributed by atoms with Gasteiger partial charge in [0, 0.05) is 25.2 Å². The smallest absolute Gasteiger partial charge is 0.0619 e. The number of hydrogen-bond donors (Lipinski definition) is 1. The van der Waals surface area contributed by atoms with Crippen LogP contribution in [0, 0.1) is 0 Å². The van der Waals surface area contributed by atoms with Gasteiger partial charge in [-0.05, 0) is 33.2 Å². The SMILES string of the molecule is CCCNC(C)CCN1CCOCC1C. The molecule has 1 aliphatic rings. The van der Waals surface area contributed by atoms with Crippen LogP contribution in [0.1, 0.15) is 33.6 Å². The molecule has 0 bridgehead atoms. The lowest BCUT2D eigenvalue weighted by Gasteiger charge is -2.33. The molecule has 0 amide bonds. The Morgan fingerprint density at radius 1 is 1.53 bits per heavy atom. The molecule has 1 fully saturated rings. The van der Waals surface area contributed by atoms with Crippen molar-refractivity contribution >= 4 is 0 Å². The highest BCUT2D eigenvalue weighted by Crippen LogP contribution is 2.07. The molecule has 0 aromatic carbocycles. The van der Waals surface area contributed by atoms with E-state index in [1.807, 2.05) is 0 Å². The molecule has 0 aromatic heterocycles. The van der Waals surface area contributed by atoms with Gasteiger partial charge in [-0.15, -0.1) is 0 Å². The Balaban J connectivity index is 2.11. The van der Waals surface area contributed by atoms with Crippen LogP contribution in [0.2, 0.25) is 0 Å². The lowest BCUT2D eigenvalue weighted by molar-refractivity contribution is -0.00158. The molecule has 0 spiro atoms. The molecule has 1 saturated heterocycles. The zero-order chi connectivity index (χ0) is 11.1. The number of hydrogen-bond acceptors (Lipinski definition) is 3. The molecular formula is C12H26N2O. The molecular weight excluding hydrogens is 188 g/mol. The molecule has 0 aliphatic carbocycles. The van der Waals surface area contributed by atoms with E-state index in [4.69, 9.17) is 4.74 Å². The summed E-state index contributed by atoms with van der Waals surface area (Å²) in [4.78, 5) is 2.54. The average molecular weight is 214 g/mol. The van der Waals surface area contributed by atoms with Gasteiger partial charge in [-0.3, -0.25) is 4.90 Å². The highest BCUT2D eigenvalue weighted by atomic mass is 16.5. The molecule has 90 valence electrons. The zero-order valence-electron chi connectivity index (χ0n) is 10.5. The van der Waals surface area contributed by atoms with E-state index in [2.05, 4.69) is 31.0 Å². The van der Waals surface area contributed by atoms with E-state index in [1.165, 1.54) is 19.4 Å². The Morgan fingerprint density at radius 2 is 2.33 bits per heavy atom. The van der Waals surface area contributed by atoms with E-state index in [-0.39, 0.29) is 0 Å². The Bertz CT molecular complexity index is 164. The second kappa shape index (κ2) is 7.20. The van der Waals surface area contributed by atoms with Crippen molar-refractivity contribution in [2.24, 2.45) is 0 Å². The summed E-state index contributed by atoms with van der Waals surface area (Å²) in [6, 6.07) is 1.23. The van der Waals surface area contributed by atoms with Crippen molar-refractivity contribution in [2.75, 3.05) is 32.8 Å². The molecule has 2 unspecified atom stereocenters. The summed E-state index contributed by atoms with van der Waals surface area (Å²) >= 11 is 0. The highest BCUT2D eigenvalue weighted by molar-refractivity contribution is 4.73. The van der Waals surface area contributed by atoms with Gasteiger partial charge in [0.15, 0.2) is 0 Å². The molecule has 0 saturated carbocycles. The quantitative estimate of drug-likeness (QED) is 0.725. The van der Waals surface area contributed by atoms with Crippen LogP contribution in [0.4, 0.5) is 0 Å². The number of nitrogens with zero attached hydrogens (tertiary/aromatic N) is 1. The van der Waals surface area contributed by atoms with Crippen LogP contribution in [0.15, 0.2) is 0 Å². The van der Waals surface area contributed by atoms with E-state index in [0.29, 0.717) is 12.1 Å². The third kappa shape index (κ3) is 4.96. The summed E-state index contributed by atoms with van der Waals surface area (Å²) < 4.78 is 5.43. The van der Waals surface area contributed by atoms with Gasteiger partial charge in [-0.1, -0.05) is 6.92 Å². The molecule has 3 heteroatoms. The number of rotatable bonds is 6. The molecule has 3 nitrogen and oxygen atoms in total. The number of morpholine rings is 1. The van der Waals surface area contributed by atoms with Gasteiger partial charge < -0.3 is 10.1 Å². The van der Waals surface area contributed by atoms with Gasteiger partial charge in [-0.2, -0.15) is 0 Å². The topological polar surface area (TPSA) is 24.5 Å². The van der Waals surface area contributed by atoms with Crippen LogP contribution in [0.25, 0.3) is 0 Å². The Labute approximate surface area is 94.2 Å². The molecule has 15 heavy (non-hydrogen) atoms. The molecule has 1 heterocycles. The largest absolute Gasteiger partial charge is 0.379 e. The fraction of sp³-hybridized carbons (Fsp3) is 1.00. The summed E-state index contributed by atoms with van der Waals surface area (Å²) in [5.74, 6) is 0. The maximum atomic E-state index is 5.43. The van der Waals surface area contributed by atoms with Gasteiger partial charge in [-0.25, -0.2) is 0 Å². The standard InChI is InChI=1S/C12H26N2O/c1-4-6-13-11(2)5-7-14-8-9-15-10-12(14)3/h11-13H,4-10H2,1-3H3. The minimum absolute atomic E-state index is 0.595. The first-order chi connectivity index (χ1) is 7.24. The second-order valence-electron chi connectivity index (χ2n) is 4.60. The Kier molecular flexibility index (Phi) is 6.22. The third-order valence-corrected chi connectivity index (χ3v) is 3.10. The third-order valence-electron chi connectivity index (χ3n) is 3.10. The van der Waals surface area contributed by atoms with E-state index in [9.17, 15) is 0 Å².